The number of unbranched alkanes of at least 4 members (excludes halogenated alkanes) is 1. The fourth-order valence-electron chi connectivity index (χ4n) is 7.62. The predicted molar refractivity (Wildman–Crippen MR) is 218 cm³/mol. The van der Waals surface area contributed by atoms with Gasteiger partial charge in [0.15, 0.2) is 0 Å². The molecule has 0 amide bonds. The van der Waals surface area contributed by atoms with E-state index in [1.165, 1.54) is 44.2 Å². The van der Waals surface area contributed by atoms with Crippen molar-refractivity contribution in [3.63, 3.8) is 0 Å². The molecule has 0 bridgehead atoms. The lowest BCUT2D eigenvalue weighted by Crippen LogP contribution is -2.01. The lowest BCUT2D eigenvalue weighted by atomic mass is 9.84. The van der Waals surface area contributed by atoms with Gasteiger partial charge in [0.1, 0.15) is 17.3 Å². The van der Waals surface area contributed by atoms with Crippen molar-refractivity contribution in [2.75, 3.05) is 0 Å². The number of aromatic nitrogens is 4. The first-order chi connectivity index (χ1) is 25.1. The van der Waals surface area contributed by atoms with Crippen molar-refractivity contribution in [3.8, 4) is 34.1 Å². The Morgan fingerprint density at radius 2 is 1.48 bits per heavy atom. The van der Waals surface area contributed by atoms with Crippen molar-refractivity contribution < 1.29 is 4.74 Å². The van der Waals surface area contributed by atoms with E-state index in [2.05, 4.69) is 151 Å². The highest BCUT2D eigenvalue weighted by molar-refractivity contribution is 6.09. The number of rotatable bonds is 12. The molecule has 0 aliphatic rings. The van der Waals surface area contributed by atoms with Crippen molar-refractivity contribution in [2.24, 2.45) is 5.92 Å². The van der Waals surface area contributed by atoms with Crippen LogP contribution in [0.2, 0.25) is 0 Å². The van der Waals surface area contributed by atoms with Crippen LogP contribution in [0.1, 0.15) is 101 Å². The molecule has 3 heterocycles. The predicted octanol–water partition coefficient (Wildman–Crippen LogP) is 12.9. The van der Waals surface area contributed by atoms with Gasteiger partial charge in [-0.15, -0.1) is 0 Å². The van der Waals surface area contributed by atoms with Gasteiger partial charge < -0.3 is 4.74 Å². The summed E-state index contributed by atoms with van der Waals surface area (Å²) >= 11 is 0. The molecule has 5 heteroatoms. The number of hydrogen-bond acceptors (Lipinski definition) is 3. The molecule has 0 saturated carbocycles. The van der Waals surface area contributed by atoms with Crippen molar-refractivity contribution in [1.82, 2.24) is 19.3 Å². The number of nitrogens with zero attached hydrogens (tertiary/aromatic N) is 4. The average molecular weight is 689 g/mol. The molecule has 3 aromatic heterocycles. The zero-order valence-electron chi connectivity index (χ0n) is 32.1. The van der Waals surface area contributed by atoms with Crippen LogP contribution in [-0.2, 0) is 12.8 Å². The first-order valence-corrected chi connectivity index (χ1v) is 19.1. The van der Waals surface area contributed by atoms with E-state index in [4.69, 9.17) is 14.8 Å². The van der Waals surface area contributed by atoms with Gasteiger partial charge in [-0.1, -0.05) is 90.8 Å². The van der Waals surface area contributed by atoms with E-state index in [1.807, 2.05) is 17.1 Å². The van der Waals surface area contributed by atoms with Crippen LogP contribution in [-0.4, -0.2) is 19.3 Å². The van der Waals surface area contributed by atoms with Gasteiger partial charge in [0.2, 0.25) is 0 Å². The molecular formula is C47H52N4O. The highest BCUT2D eigenvalue weighted by Gasteiger charge is 2.19. The van der Waals surface area contributed by atoms with Crippen LogP contribution in [0.15, 0.2) is 104 Å². The minimum Gasteiger partial charge on any atom is -0.457 e. The molecular weight excluding hydrogens is 637 g/mol. The summed E-state index contributed by atoms with van der Waals surface area (Å²) in [7, 11) is 0. The third-order valence-corrected chi connectivity index (χ3v) is 10.1. The van der Waals surface area contributed by atoms with Gasteiger partial charge in [-0.2, -0.15) is 5.10 Å². The quantitative estimate of drug-likeness (QED) is 0.128. The van der Waals surface area contributed by atoms with Crippen LogP contribution in [0.5, 0.6) is 11.5 Å². The van der Waals surface area contributed by atoms with Crippen molar-refractivity contribution in [2.45, 2.75) is 92.9 Å². The Morgan fingerprint density at radius 1 is 0.731 bits per heavy atom. The van der Waals surface area contributed by atoms with Crippen LogP contribution >= 0.6 is 0 Å². The van der Waals surface area contributed by atoms with E-state index in [9.17, 15) is 0 Å². The smallest absolute Gasteiger partial charge is 0.137 e. The molecule has 0 aliphatic carbocycles. The Labute approximate surface area is 309 Å². The van der Waals surface area contributed by atoms with Gasteiger partial charge in [-0.05, 0) is 114 Å². The monoisotopic (exact) mass is 688 g/mol. The first-order valence-electron chi connectivity index (χ1n) is 19.1. The van der Waals surface area contributed by atoms with E-state index in [1.54, 1.807) is 0 Å². The summed E-state index contributed by atoms with van der Waals surface area (Å²) in [6.07, 6.45) is 10.4. The molecule has 266 valence electrons. The zero-order valence-corrected chi connectivity index (χ0v) is 32.1. The van der Waals surface area contributed by atoms with Gasteiger partial charge >= 0.3 is 0 Å². The number of benzene rings is 4. The Bertz CT molecular complexity index is 2330. The highest BCUT2D eigenvalue weighted by atomic mass is 16.5. The fraction of sp³-hybridized carbons (Fsp3) is 0.319. The molecule has 7 aromatic rings. The van der Waals surface area contributed by atoms with Crippen LogP contribution in [0.3, 0.4) is 0 Å². The standard InChI is InChI=1S/C47H52N4O/c1-9-10-13-34-23-37(50-29-36(28-49-50)47-42(31(4)5)21-33(8)22-43(47)32(6)7)26-39(24-34)52-38-16-17-41-40-14-11-12-15-44(40)51(45(41)27-38)46-25-35(18-19-48-46)20-30(2)3/h11-12,14-19,21-32H,9-10,13,20H2,1-8H3. The van der Waals surface area contributed by atoms with E-state index < -0.39 is 0 Å². The summed E-state index contributed by atoms with van der Waals surface area (Å²) in [4.78, 5) is 4.86. The molecule has 0 saturated heterocycles. The number of fused-ring (bicyclic) bond motifs is 3. The largest absolute Gasteiger partial charge is 0.457 e. The minimum absolute atomic E-state index is 0.406. The number of aryl methyl sites for hydroxylation is 2. The van der Waals surface area contributed by atoms with Crippen molar-refractivity contribution >= 4 is 21.8 Å². The van der Waals surface area contributed by atoms with E-state index in [0.717, 1.165) is 65.3 Å². The van der Waals surface area contributed by atoms with Gasteiger partial charge in [0.25, 0.3) is 0 Å². The van der Waals surface area contributed by atoms with Crippen molar-refractivity contribution in [3.05, 3.63) is 131 Å². The Hall–Kier alpha value is -5.16. The Morgan fingerprint density at radius 3 is 2.21 bits per heavy atom. The second kappa shape index (κ2) is 14.8. The number of para-hydroxylation sites is 1. The maximum absolute atomic E-state index is 6.76. The van der Waals surface area contributed by atoms with Gasteiger partial charge in [0.05, 0.1) is 22.9 Å². The zero-order chi connectivity index (χ0) is 36.5. The third-order valence-electron chi connectivity index (χ3n) is 10.1. The lowest BCUT2D eigenvalue weighted by Gasteiger charge is -2.20. The van der Waals surface area contributed by atoms with Crippen molar-refractivity contribution in [1.29, 1.82) is 0 Å². The maximum Gasteiger partial charge on any atom is 0.137 e. The number of hydrogen-bond donors (Lipinski definition) is 0. The maximum atomic E-state index is 6.76. The molecule has 0 N–H and O–H groups in total. The SMILES string of the molecule is CCCCc1cc(Oc2ccc3c4ccccc4n(-c4cc(CC(C)C)ccn4)c3c2)cc(-n2cc(-c3c(C(C)C)cc(C)cc3C(C)C)cn2)c1. The Balaban J connectivity index is 1.30. The molecule has 5 nitrogen and oxygen atoms in total. The van der Waals surface area contributed by atoms with Gasteiger partial charge in [-0.25, -0.2) is 9.67 Å². The molecule has 0 radical (unpaired) electrons. The molecule has 7 rings (SSSR count). The van der Waals surface area contributed by atoms with Crippen LogP contribution in [0.25, 0.3) is 44.4 Å². The summed E-state index contributed by atoms with van der Waals surface area (Å²) in [5.74, 6) is 3.90. The van der Waals surface area contributed by atoms with Gasteiger partial charge in [0, 0.05) is 40.9 Å². The second-order valence-electron chi connectivity index (χ2n) is 15.5. The summed E-state index contributed by atoms with van der Waals surface area (Å²) in [6.45, 7) is 18.1. The van der Waals surface area contributed by atoms with E-state index in [0.29, 0.717) is 17.8 Å². The highest BCUT2D eigenvalue weighted by Crippen LogP contribution is 2.39. The Kier molecular flexibility index (Phi) is 10.1. The lowest BCUT2D eigenvalue weighted by molar-refractivity contribution is 0.482. The van der Waals surface area contributed by atoms with Crippen LogP contribution in [0.4, 0.5) is 0 Å². The molecule has 0 fully saturated rings. The summed E-state index contributed by atoms with van der Waals surface area (Å²) in [5.41, 5.74) is 12.3. The molecule has 52 heavy (non-hydrogen) atoms. The first kappa shape index (κ1) is 35.3. The van der Waals surface area contributed by atoms with Crippen LogP contribution in [0, 0.1) is 12.8 Å². The van der Waals surface area contributed by atoms with E-state index in [-0.39, 0.29) is 0 Å². The molecule has 0 aliphatic heterocycles. The normalized spacial score (nSPS) is 11.9. The van der Waals surface area contributed by atoms with E-state index >= 15 is 0 Å². The summed E-state index contributed by atoms with van der Waals surface area (Å²) < 4.78 is 11.1. The number of pyridine rings is 1. The topological polar surface area (TPSA) is 44.9 Å². The summed E-state index contributed by atoms with van der Waals surface area (Å²) in [6, 6.07) is 30.6. The summed E-state index contributed by atoms with van der Waals surface area (Å²) in [5, 5.41) is 7.32. The molecule has 0 spiro atoms. The molecule has 0 atom stereocenters. The van der Waals surface area contributed by atoms with Gasteiger partial charge in [-0.3, -0.25) is 4.57 Å². The average Bonchev–Trinajstić information content (AvgIpc) is 3.73. The third kappa shape index (κ3) is 7.14. The fourth-order valence-corrected chi connectivity index (χ4v) is 7.62. The minimum atomic E-state index is 0.406. The molecule has 0 unspecified atom stereocenters. The van der Waals surface area contributed by atoms with Crippen LogP contribution < -0.4 is 4.74 Å². The number of ether oxygens (including phenoxy) is 1. The molecule has 4 aromatic carbocycles. The second-order valence-corrected chi connectivity index (χ2v) is 15.5.